The van der Waals surface area contributed by atoms with Crippen molar-refractivity contribution in [3.8, 4) is 0 Å². The summed E-state index contributed by atoms with van der Waals surface area (Å²) < 4.78 is 0. The maximum Gasteiger partial charge on any atom is 0.222 e. The Bertz CT molecular complexity index is 337. The zero-order valence-corrected chi connectivity index (χ0v) is 14.5. The van der Waals surface area contributed by atoms with Crippen molar-refractivity contribution < 1.29 is 4.79 Å². The van der Waals surface area contributed by atoms with Crippen LogP contribution in [0.5, 0.6) is 0 Å². The van der Waals surface area contributed by atoms with Crippen LogP contribution in [0.1, 0.15) is 59.8 Å². The van der Waals surface area contributed by atoms with E-state index in [4.69, 9.17) is 0 Å². The molecule has 0 N–H and O–H groups in total. The van der Waals surface area contributed by atoms with Gasteiger partial charge in [0, 0.05) is 24.9 Å². The Morgan fingerprint density at radius 2 is 1.76 bits per heavy atom. The Morgan fingerprint density at radius 1 is 1.14 bits per heavy atom. The number of amides is 1. The van der Waals surface area contributed by atoms with E-state index in [1.807, 2.05) is 0 Å². The summed E-state index contributed by atoms with van der Waals surface area (Å²) in [4.78, 5) is 17.0. The van der Waals surface area contributed by atoms with Crippen LogP contribution in [-0.4, -0.2) is 48.4 Å². The summed E-state index contributed by atoms with van der Waals surface area (Å²) in [6.07, 6.45) is 5.63. The summed E-state index contributed by atoms with van der Waals surface area (Å²) in [5, 5.41) is 0. The lowest BCUT2D eigenvalue weighted by atomic mass is 9.71. The molecule has 21 heavy (non-hydrogen) atoms. The maximum atomic E-state index is 12.3. The van der Waals surface area contributed by atoms with Gasteiger partial charge >= 0.3 is 0 Å². The molecule has 0 aromatic heterocycles. The molecule has 2 fully saturated rings. The van der Waals surface area contributed by atoms with Gasteiger partial charge in [-0.05, 0) is 57.2 Å². The molecule has 0 aromatic rings. The van der Waals surface area contributed by atoms with Gasteiger partial charge in [-0.15, -0.1) is 0 Å². The van der Waals surface area contributed by atoms with Crippen molar-refractivity contribution in [1.82, 2.24) is 9.80 Å². The predicted octanol–water partition coefficient (Wildman–Crippen LogP) is 3.39. The first-order valence-electron chi connectivity index (χ1n) is 8.96. The fourth-order valence-electron chi connectivity index (χ4n) is 3.67. The lowest BCUT2D eigenvalue weighted by molar-refractivity contribution is -0.147. The monoisotopic (exact) mass is 294 g/mol. The second-order valence-electron chi connectivity index (χ2n) is 7.85. The van der Waals surface area contributed by atoms with Crippen molar-refractivity contribution in [3.05, 3.63) is 0 Å². The van der Waals surface area contributed by atoms with Crippen LogP contribution >= 0.6 is 0 Å². The van der Waals surface area contributed by atoms with Crippen molar-refractivity contribution in [1.29, 1.82) is 0 Å². The third-order valence-corrected chi connectivity index (χ3v) is 5.81. The minimum Gasteiger partial charge on any atom is -0.341 e. The first-order chi connectivity index (χ1) is 9.96. The summed E-state index contributed by atoms with van der Waals surface area (Å²) in [5.74, 6) is 1.73. The van der Waals surface area contributed by atoms with Crippen molar-refractivity contribution >= 4 is 5.91 Å². The maximum absolute atomic E-state index is 12.3. The van der Waals surface area contributed by atoms with E-state index in [-0.39, 0.29) is 0 Å². The highest BCUT2D eigenvalue weighted by atomic mass is 16.2. The first-order valence-corrected chi connectivity index (χ1v) is 8.96. The van der Waals surface area contributed by atoms with Gasteiger partial charge in [-0.3, -0.25) is 4.79 Å². The molecule has 0 aromatic carbocycles. The fraction of sp³-hybridized carbons (Fsp3) is 0.944. The van der Waals surface area contributed by atoms with E-state index < -0.39 is 0 Å². The molecule has 2 rings (SSSR count). The number of rotatable bonds is 6. The Hall–Kier alpha value is -0.570. The molecule has 1 atom stereocenters. The highest BCUT2D eigenvalue weighted by molar-refractivity contribution is 5.77. The molecule has 0 aliphatic carbocycles. The average molecular weight is 294 g/mol. The van der Waals surface area contributed by atoms with Gasteiger partial charge in [-0.1, -0.05) is 27.7 Å². The molecule has 2 heterocycles. The quantitative estimate of drug-likeness (QED) is 0.749. The number of carbonyl (C=O) groups excluding carboxylic acids is 1. The summed E-state index contributed by atoms with van der Waals surface area (Å²) >= 11 is 0. The molecule has 122 valence electrons. The molecular formula is C18H34N2O. The van der Waals surface area contributed by atoms with Crippen LogP contribution in [0.2, 0.25) is 0 Å². The van der Waals surface area contributed by atoms with Crippen LogP contribution in [0, 0.1) is 17.3 Å². The number of likely N-dealkylation sites (tertiary alicyclic amines) is 2. The molecule has 3 nitrogen and oxygen atoms in total. The molecule has 2 aliphatic rings. The van der Waals surface area contributed by atoms with Crippen molar-refractivity contribution in [3.63, 3.8) is 0 Å². The van der Waals surface area contributed by atoms with Crippen LogP contribution in [0.4, 0.5) is 0 Å². The van der Waals surface area contributed by atoms with Gasteiger partial charge in [0.05, 0.1) is 0 Å². The molecule has 0 bridgehead atoms. The first kappa shape index (κ1) is 16.8. The highest BCUT2D eigenvalue weighted by Crippen LogP contribution is 2.40. The molecule has 0 radical (unpaired) electrons. The Morgan fingerprint density at radius 3 is 2.29 bits per heavy atom. The smallest absolute Gasteiger partial charge is 0.222 e. The van der Waals surface area contributed by atoms with Crippen LogP contribution in [0.15, 0.2) is 0 Å². The Balaban J connectivity index is 1.68. The largest absolute Gasteiger partial charge is 0.341 e. The minimum atomic E-state index is 0.393. The van der Waals surface area contributed by atoms with E-state index >= 15 is 0 Å². The lowest BCUT2D eigenvalue weighted by Crippen LogP contribution is -2.61. The third kappa shape index (κ3) is 4.21. The summed E-state index contributed by atoms with van der Waals surface area (Å²) in [5.41, 5.74) is 0.476. The number of nitrogens with zero attached hydrogens (tertiary/aromatic N) is 2. The summed E-state index contributed by atoms with van der Waals surface area (Å²) in [6.45, 7) is 14.8. The van der Waals surface area contributed by atoms with Gasteiger partial charge in [0.15, 0.2) is 0 Å². The zero-order chi connectivity index (χ0) is 15.5. The Labute approximate surface area is 131 Å². The van der Waals surface area contributed by atoms with E-state index in [9.17, 15) is 4.79 Å². The molecular weight excluding hydrogens is 260 g/mol. The van der Waals surface area contributed by atoms with Gasteiger partial charge in [0.25, 0.3) is 0 Å². The Kier molecular flexibility index (Phi) is 5.70. The van der Waals surface area contributed by atoms with E-state index in [1.54, 1.807) is 0 Å². The van der Waals surface area contributed by atoms with Gasteiger partial charge in [-0.2, -0.15) is 0 Å². The summed E-state index contributed by atoms with van der Waals surface area (Å²) in [6, 6.07) is 0. The molecule has 3 heteroatoms. The highest BCUT2D eigenvalue weighted by Gasteiger charge is 2.46. The summed E-state index contributed by atoms with van der Waals surface area (Å²) in [7, 11) is 0. The van der Waals surface area contributed by atoms with Crippen LogP contribution < -0.4 is 0 Å². The lowest BCUT2D eigenvalue weighted by Gasteiger charge is -2.54. The molecule has 1 unspecified atom stereocenters. The minimum absolute atomic E-state index is 0.393. The van der Waals surface area contributed by atoms with Crippen LogP contribution in [0.25, 0.3) is 0 Å². The third-order valence-electron chi connectivity index (χ3n) is 5.81. The van der Waals surface area contributed by atoms with Gasteiger partial charge < -0.3 is 9.80 Å². The van der Waals surface area contributed by atoms with Crippen molar-refractivity contribution in [2.75, 3.05) is 32.7 Å². The van der Waals surface area contributed by atoms with E-state index in [0.29, 0.717) is 23.2 Å². The average Bonchev–Trinajstić information content (AvgIpc) is 2.43. The van der Waals surface area contributed by atoms with E-state index in [1.165, 1.54) is 38.9 Å². The number of piperidine rings is 1. The van der Waals surface area contributed by atoms with E-state index in [2.05, 4.69) is 37.5 Å². The number of hydrogen-bond acceptors (Lipinski definition) is 2. The second-order valence-corrected chi connectivity index (χ2v) is 7.85. The number of carbonyl (C=O) groups is 1. The van der Waals surface area contributed by atoms with Crippen LogP contribution in [0.3, 0.4) is 0 Å². The van der Waals surface area contributed by atoms with Gasteiger partial charge in [0.1, 0.15) is 0 Å². The van der Waals surface area contributed by atoms with Crippen molar-refractivity contribution in [2.24, 2.45) is 17.3 Å². The second kappa shape index (κ2) is 7.13. The topological polar surface area (TPSA) is 23.6 Å². The molecule has 0 saturated carbocycles. The van der Waals surface area contributed by atoms with Crippen LogP contribution in [-0.2, 0) is 4.79 Å². The molecule has 2 aliphatic heterocycles. The van der Waals surface area contributed by atoms with Crippen molar-refractivity contribution in [2.45, 2.75) is 59.8 Å². The predicted molar refractivity (Wildman–Crippen MR) is 88.2 cm³/mol. The van der Waals surface area contributed by atoms with Gasteiger partial charge in [-0.25, -0.2) is 0 Å². The molecule has 1 amide bonds. The SMILES string of the molecule is CCCN1CCC2(CC1)CN(C(=O)CCC(C)C(C)C)C2. The van der Waals surface area contributed by atoms with Gasteiger partial charge in [0.2, 0.25) is 5.91 Å². The number of hydrogen-bond donors (Lipinski definition) is 0. The molecule has 1 spiro atoms. The fourth-order valence-corrected chi connectivity index (χ4v) is 3.67. The zero-order valence-electron chi connectivity index (χ0n) is 14.5. The standard InChI is InChI=1S/C18H34N2O/c1-5-10-19-11-8-18(9-12-19)13-20(14-18)17(21)7-6-16(4)15(2)3/h15-16H,5-14H2,1-4H3. The molecule has 2 saturated heterocycles. The normalized spacial score (nSPS) is 23.4. The van der Waals surface area contributed by atoms with E-state index in [0.717, 1.165) is 25.9 Å².